The van der Waals surface area contributed by atoms with Crippen LogP contribution in [-0.4, -0.2) is 242 Å². The summed E-state index contributed by atoms with van der Waals surface area (Å²) in [5.74, 6) is -6.26. The zero-order chi connectivity index (χ0) is 90.6. The lowest BCUT2D eigenvalue weighted by molar-refractivity contribution is -0.163. The van der Waals surface area contributed by atoms with Crippen molar-refractivity contribution in [1.29, 1.82) is 0 Å². The van der Waals surface area contributed by atoms with Gasteiger partial charge in [-0.15, -0.1) is 0 Å². The summed E-state index contributed by atoms with van der Waals surface area (Å²) >= 11 is 5.92. The summed E-state index contributed by atoms with van der Waals surface area (Å²) < 4.78 is 47.5. The van der Waals surface area contributed by atoms with E-state index in [0.29, 0.717) is 0 Å². The molecule has 2 fully saturated rings. The van der Waals surface area contributed by atoms with Crippen LogP contribution < -0.4 is 59.9 Å². The number of aliphatic hydroxyl groups is 1. The first-order chi connectivity index (χ1) is 54.7. The van der Waals surface area contributed by atoms with E-state index >= 15 is 0 Å². The fourth-order valence-electron chi connectivity index (χ4n) is 8.37. The summed E-state index contributed by atoms with van der Waals surface area (Å²) in [4.78, 5) is 196. The summed E-state index contributed by atoms with van der Waals surface area (Å²) in [6, 6.07) is 3.94. The molecule has 17 N–H and O–H groups in total. The molecule has 2 aliphatic rings. The van der Waals surface area contributed by atoms with Crippen molar-refractivity contribution >= 4 is 130 Å². The summed E-state index contributed by atoms with van der Waals surface area (Å²) in [6.45, 7) is 29.5. The molecule has 0 saturated carbocycles. The maximum absolute atomic E-state index is 12.2. The molecule has 8 rings (SSSR count). The molecule has 7 amide bonds. The van der Waals surface area contributed by atoms with Crippen LogP contribution in [0.25, 0.3) is 22.3 Å². The summed E-state index contributed by atoms with van der Waals surface area (Å²) in [5, 5.41) is 60.9. The number of amides is 7. The number of carboxylic acids is 4. The van der Waals surface area contributed by atoms with Crippen LogP contribution in [0.15, 0.2) is 64.8 Å². The lowest BCUT2D eigenvalue weighted by atomic mass is 10.2. The maximum atomic E-state index is 12.2. The molecule has 48 nitrogen and oxygen atoms in total. The summed E-state index contributed by atoms with van der Waals surface area (Å²) in [5.41, 5.74) is 7.04. The second-order valence-corrected chi connectivity index (χ2v) is 31.2. The molecule has 0 radical (unpaired) electrons. The standard InChI is InChI=1S/C20H24N4O7.C13H17ClN6O4.C13H18N6O5.C8H15NO5.2C8H13NO4/c1-20(2,3)31-19(29)21-14(16(25)26)11-24-10-9-15(22-17(24)27)23-18(28)30-12-13-7-5-4-6-8-13;1-13(2,3)24-12(23)17-6(10(21)22)4-20-5-16-7-8(14)18-11(15)19-9(7)20;1-13(2,3)24-12(23)16-6(10(21)22)4-19-5-15-7-8(19)17-11(14)18-9(7)20;1-8(2,3)14-7(13)9-5(4-10)6(11)12;2*1-8(2,3)13-7(11)9-5-4-12-6(5)10/h4-10,14H,11-12H2,1-3H3,(H,21,29)(H,25,26)(H,22,23,27,28);5-6H,4H2,1-3H3,(H,17,23)(H,21,22)(H2,15,18,19);5-6H,4H2,1-3H3,(H,16,23)(H,21,22)(H3,14,17,18,20);5,10H,4H2,1-3H3,(H,9,13)(H,11,12);2*5H,4H2,1-3H3,(H,9,11)/t14-;2*6-;3*5-/m000000/s1. The lowest BCUT2D eigenvalue weighted by Gasteiger charge is -2.27. The molecule has 0 bridgehead atoms. The number of alkyl carbamates (subject to hydrolysis) is 6. The number of hydrogen-bond acceptors (Lipinski definition) is 33. The molecule has 6 aromatic rings. The Bertz CT molecular complexity index is 4630. The van der Waals surface area contributed by atoms with E-state index in [4.69, 9.17) is 66.4 Å². The van der Waals surface area contributed by atoms with Gasteiger partial charge in [-0.1, -0.05) is 41.9 Å². The predicted octanol–water partition coefficient (Wildman–Crippen LogP) is 3.52. The van der Waals surface area contributed by atoms with Crippen molar-refractivity contribution < 1.29 is 130 Å². The van der Waals surface area contributed by atoms with Gasteiger partial charge in [0.15, 0.2) is 40.1 Å². The number of halogens is 1. The van der Waals surface area contributed by atoms with Crippen LogP contribution in [0, 0.1) is 0 Å². The van der Waals surface area contributed by atoms with Gasteiger partial charge in [-0.25, -0.2) is 77.1 Å². The van der Waals surface area contributed by atoms with E-state index in [1.165, 1.54) is 34.1 Å². The van der Waals surface area contributed by atoms with Gasteiger partial charge in [0.05, 0.1) is 38.9 Å². The van der Waals surface area contributed by atoms with Gasteiger partial charge < -0.3 is 121 Å². The Morgan fingerprint density at radius 3 is 1.20 bits per heavy atom. The highest BCUT2D eigenvalue weighted by Crippen LogP contribution is 2.21. The largest absolute Gasteiger partial charge is 0.480 e. The Balaban J connectivity index is 0.000000381. The van der Waals surface area contributed by atoms with Gasteiger partial charge in [0, 0.05) is 6.20 Å². The number of hydrogen-bond donors (Lipinski definition) is 15. The van der Waals surface area contributed by atoms with Crippen molar-refractivity contribution in [2.45, 2.75) is 221 Å². The zero-order valence-electron chi connectivity index (χ0n) is 68.2. The lowest BCUT2D eigenvalue weighted by Crippen LogP contribution is -2.53. The molecular formula is C70H100ClN19O29. The number of rotatable bonds is 20. The van der Waals surface area contributed by atoms with Gasteiger partial charge in [-0.05, 0) is 136 Å². The minimum atomic E-state index is -1.43. The number of benzene rings is 1. The second-order valence-electron chi connectivity index (χ2n) is 30.9. The molecule has 2 aliphatic heterocycles. The number of carbonyl (C=O) groups is 13. The van der Waals surface area contributed by atoms with E-state index in [1.54, 1.807) is 149 Å². The fraction of sp³-hybridized carbons (Fsp3) is 0.529. The number of imidazole rings is 2. The van der Waals surface area contributed by atoms with E-state index < -0.39 is 166 Å². The number of aliphatic hydroxyl groups excluding tert-OH is 1. The Morgan fingerprint density at radius 2 is 0.857 bits per heavy atom. The molecule has 2 saturated heterocycles. The minimum Gasteiger partial charge on any atom is -0.480 e. The summed E-state index contributed by atoms with van der Waals surface area (Å²) in [6.07, 6.45) is -1.65. The van der Waals surface area contributed by atoms with Crippen LogP contribution >= 0.6 is 11.6 Å². The van der Waals surface area contributed by atoms with Crippen LogP contribution in [0.2, 0.25) is 5.15 Å². The molecule has 6 atom stereocenters. The number of H-pyrrole nitrogens is 1. The molecule has 5 aromatic heterocycles. The monoisotopic (exact) mass is 1710 g/mol. The van der Waals surface area contributed by atoms with Crippen molar-refractivity contribution in [1.82, 2.24) is 80.5 Å². The van der Waals surface area contributed by atoms with E-state index in [0.717, 1.165) is 10.1 Å². The highest BCUT2D eigenvalue weighted by atomic mass is 35.5. The maximum Gasteiger partial charge on any atom is 0.413 e. The number of nitrogen functional groups attached to an aromatic ring is 2. The quantitative estimate of drug-likeness (QED) is 0.0295. The predicted molar refractivity (Wildman–Crippen MR) is 415 cm³/mol. The number of aromatic amines is 1. The van der Waals surface area contributed by atoms with Gasteiger partial charge in [-0.3, -0.25) is 19.7 Å². The first kappa shape index (κ1) is 99.8. The third-order valence-corrected chi connectivity index (χ3v) is 13.5. The van der Waals surface area contributed by atoms with Crippen molar-refractivity contribution in [2.24, 2.45) is 0 Å². The number of aromatic nitrogens is 10. The minimum absolute atomic E-state index is 0.0191. The van der Waals surface area contributed by atoms with Crippen molar-refractivity contribution in [3.05, 3.63) is 86.8 Å². The Morgan fingerprint density at radius 1 is 0.496 bits per heavy atom. The first-order valence-electron chi connectivity index (χ1n) is 35.4. The van der Waals surface area contributed by atoms with Crippen molar-refractivity contribution in [2.75, 3.05) is 36.6 Å². The Kier molecular flexibility index (Phi) is 36.5. The molecular weight excluding hydrogens is 1610 g/mol. The molecule has 0 spiro atoms. The fourth-order valence-corrected chi connectivity index (χ4v) is 8.59. The van der Waals surface area contributed by atoms with Crippen LogP contribution in [0.3, 0.4) is 0 Å². The highest BCUT2D eigenvalue weighted by Gasteiger charge is 2.36. The Labute approximate surface area is 682 Å². The van der Waals surface area contributed by atoms with Crippen LogP contribution in [-0.2, 0) is 97.6 Å². The Hall–Kier alpha value is -13.4. The van der Waals surface area contributed by atoms with E-state index in [9.17, 15) is 87.2 Å². The molecule has 7 heterocycles. The molecule has 0 unspecified atom stereocenters. The third-order valence-electron chi connectivity index (χ3n) is 13.3. The van der Waals surface area contributed by atoms with Crippen LogP contribution in [0.1, 0.15) is 130 Å². The van der Waals surface area contributed by atoms with Crippen LogP contribution in [0.5, 0.6) is 0 Å². The topological polar surface area (TPSA) is 684 Å². The van der Waals surface area contributed by atoms with E-state index in [2.05, 4.69) is 76.3 Å². The van der Waals surface area contributed by atoms with Crippen LogP contribution in [0.4, 0.5) is 51.3 Å². The number of carboxylic acid groups (broad SMARTS) is 4. The molecule has 49 heteroatoms. The van der Waals surface area contributed by atoms with Gasteiger partial charge in [0.1, 0.15) is 82.9 Å². The summed E-state index contributed by atoms with van der Waals surface area (Å²) in [7, 11) is 0. The van der Waals surface area contributed by atoms with Crippen molar-refractivity contribution in [3.63, 3.8) is 0 Å². The molecule has 1 aromatic carbocycles. The van der Waals surface area contributed by atoms with Gasteiger partial charge in [0.2, 0.25) is 11.9 Å². The smallest absolute Gasteiger partial charge is 0.413 e. The number of esters is 2. The molecule has 0 aliphatic carbocycles. The third kappa shape index (κ3) is 38.7. The average molecular weight is 1710 g/mol. The second kappa shape index (κ2) is 43.5. The highest BCUT2D eigenvalue weighted by molar-refractivity contribution is 6.33. The normalized spacial score (nSPS) is 14.5. The van der Waals surface area contributed by atoms with Gasteiger partial charge in [-0.2, -0.15) is 19.9 Å². The average Bonchev–Trinajstić information content (AvgIpc) is 1.65. The van der Waals surface area contributed by atoms with Gasteiger partial charge >= 0.3 is 84.2 Å². The number of nitrogens with zero attached hydrogens (tertiary/aromatic N) is 9. The first-order valence-corrected chi connectivity index (χ1v) is 35.8. The van der Waals surface area contributed by atoms with Gasteiger partial charge in [0.25, 0.3) is 5.56 Å². The van der Waals surface area contributed by atoms with E-state index in [-0.39, 0.29) is 84.7 Å². The number of anilines is 3. The number of aliphatic carboxylic acids is 4. The van der Waals surface area contributed by atoms with E-state index in [1.807, 2.05) is 11.4 Å². The number of nitrogens with one attached hydrogen (secondary N) is 8. The number of cyclic esters (lactones) is 2. The zero-order valence-corrected chi connectivity index (χ0v) is 69.0. The number of fused-ring (bicyclic) bond motifs is 2. The number of nitrogens with two attached hydrogens (primary N) is 2. The number of ether oxygens (including phenoxy) is 9. The SMILES string of the molecule is CC(C)(C)OC(=O)N[C@@H](CO)C(=O)O.CC(C)(C)OC(=O)N[C@@H](Cn1ccc(NC(=O)OCc2ccccc2)nc1=O)C(=O)O.CC(C)(C)OC(=O)N[C@@H](Cn1cnc2c(=O)[nH]c(N)nc21)C(=O)O.CC(C)(C)OC(=O)N[C@@H](Cn1cnc2c(Cl)nc(N)nc21)C(=O)O.CC(C)(C)OC(=O)N[C@H]1COC1=O.CC(C)(C)OC(=O)N[C@H]1COC1=O. The molecule has 119 heavy (non-hydrogen) atoms. The number of carbonyl (C=O) groups excluding carboxylic acids is 9. The van der Waals surface area contributed by atoms with Crippen molar-refractivity contribution in [3.8, 4) is 0 Å². The molecule has 656 valence electrons.